The van der Waals surface area contributed by atoms with Crippen LogP contribution in [-0.4, -0.2) is 34.6 Å². The molecule has 0 saturated carbocycles. The van der Waals surface area contributed by atoms with Crippen molar-refractivity contribution in [3.05, 3.63) is 82.4 Å². The van der Waals surface area contributed by atoms with Crippen molar-refractivity contribution in [3.63, 3.8) is 0 Å². The van der Waals surface area contributed by atoms with Crippen molar-refractivity contribution >= 4 is 28.8 Å². The third-order valence-corrected chi connectivity index (χ3v) is 4.95. The lowest BCUT2D eigenvalue weighted by molar-refractivity contribution is 0.0975. The van der Waals surface area contributed by atoms with Crippen molar-refractivity contribution in [2.45, 2.75) is 19.9 Å². The standard InChI is InChI=1S/C24H23N5O4/c1-3-26-18(11-12-25)20(28-16-9-10-17-19(13-16)33-24(31)29-17)22(30)21-23(32-14(2)27-21)15-7-5-4-6-8-15/h4-13,20,25-26,28H,3H2,1-2H3,(H,29,31)/b18-11-,25-12?. The van der Waals surface area contributed by atoms with Gasteiger partial charge in [0.15, 0.2) is 22.9 Å². The number of oxazole rings is 2. The van der Waals surface area contributed by atoms with Crippen molar-refractivity contribution in [1.82, 2.24) is 15.3 Å². The number of carbonyl (C=O) groups excluding carboxylic acids is 1. The van der Waals surface area contributed by atoms with Crippen LogP contribution in [0.5, 0.6) is 0 Å². The number of Topliss-reactive ketones (excluding diaryl/α,β-unsaturated/α-hetero) is 1. The van der Waals surface area contributed by atoms with Crippen LogP contribution in [0.1, 0.15) is 23.3 Å². The van der Waals surface area contributed by atoms with Gasteiger partial charge in [-0.3, -0.25) is 9.78 Å². The average Bonchev–Trinajstić information content (AvgIpc) is 3.38. The minimum atomic E-state index is -0.901. The number of hydrogen-bond donors (Lipinski definition) is 4. The Hall–Kier alpha value is -4.40. The van der Waals surface area contributed by atoms with E-state index in [1.54, 1.807) is 25.1 Å². The van der Waals surface area contributed by atoms with Gasteiger partial charge in [-0.15, -0.1) is 0 Å². The number of benzene rings is 2. The Morgan fingerprint density at radius 2 is 2.00 bits per heavy atom. The van der Waals surface area contributed by atoms with Crippen LogP contribution in [-0.2, 0) is 0 Å². The molecule has 2 aromatic carbocycles. The van der Waals surface area contributed by atoms with Crippen molar-refractivity contribution in [2.24, 2.45) is 0 Å². The van der Waals surface area contributed by atoms with E-state index in [1.165, 1.54) is 6.08 Å². The molecule has 0 aliphatic rings. The summed E-state index contributed by atoms with van der Waals surface area (Å²) < 4.78 is 10.9. The molecule has 9 heteroatoms. The third kappa shape index (κ3) is 4.62. The van der Waals surface area contributed by atoms with E-state index in [0.29, 0.717) is 40.7 Å². The fourth-order valence-corrected chi connectivity index (χ4v) is 3.55. The Bertz CT molecular complexity index is 1380. The lowest BCUT2D eigenvalue weighted by Gasteiger charge is -2.22. The van der Waals surface area contributed by atoms with E-state index >= 15 is 0 Å². The molecule has 0 amide bonds. The zero-order valence-corrected chi connectivity index (χ0v) is 18.1. The maximum atomic E-state index is 13.8. The first-order chi connectivity index (χ1) is 16.0. The summed E-state index contributed by atoms with van der Waals surface area (Å²) in [5.41, 5.74) is 2.87. The van der Waals surface area contributed by atoms with Gasteiger partial charge in [-0.1, -0.05) is 30.3 Å². The van der Waals surface area contributed by atoms with Gasteiger partial charge >= 0.3 is 5.76 Å². The third-order valence-electron chi connectivity index (χ3n) is 4.95. The highest BCUT2D eigenvalue weighted by Gasteiger charge is 2.30. The van der Waals surface area contributed by atoms with Gasteiger partial charge < -0.3 is 24.9 Å². The van der Waals surface area contributed by atoms with E-state index in [4.69, 9.17) is 14.2 Å². The van der Waals surface area contributed by atoms with Crippen LogP contribution in [0.25, 0.3) is 22.4 Å². The van der Waals surface area contributed by atoms with Gasteiger partial charge in [-0.05, 0) is 25.1 Å². The molecule has 1 atom stereocenters. The minimum absolute atomic E-state index is 0.180. The van der Waals surface area contributed by atoms with Crippen molar-refractivity contribution in [2.75, 3.05) is 11.9 Å². The fraction of sp³-hybridized carbons (Fsp3) is 0.167. The number of carbonyl (C=O) groups is 1. The first kappa shape index (κ1) is 21.8. The fourth-order valence-electron chi connectivity index (χ4n) is 3.55. The number of rotatable bonds is 9. The number of nitrogens with one attached hydrogen (secondary N) is 4. The number of aryl methyl sites for hydroxylation is 1. The molecule has 0 spiro atoms. The quantitative estimate of drug-likeness (QED) is 0.227. The molecule has 4 rings (SSSR count). The van der Waals surface area contributed by atoms with Gasteiger partial charge in [0.25, 0.3) is 0 Å². The molecule has 0 saturated heterocycles. The van der Waals surface area contributed by atoms with Crippen LogP contribution in [0, 0.1) is 12.3 Å². The summed E-state index contributed by atoms with van der Waals surface area (Å²) in [6.45, 7) is 4.13. The van der Waals surface area contributed by atoms with E-state index in [1.807, 2.05) is 37.3 Å². The highest BCUT2D eigenvalue weighted by Crippen LogP contribution is 2.28. The number of hydrogen-bond acceptors (Lipinski definition) is 8. The van der Waals surface area contributed by atoms with E-state index in [9.17, 15) is 9.59 Å². The largest absolute Gasteiger partial charge is 0.440 e. The summed E-state index contributed by atoms with van der Waals surface area (Å²) in [5, 5.41) is 13.9. The molecule has 2 aromatic heterocycles. The van der Waals surface area contributed by atoms with Crippen molar-refractivity contribution < 1.29 is 13.6 Å². The van der Waals surface area contributed by atoms with Crippen LogP contribution in [0.3, 0.4) is 0 Å². The number of H-pyrrole nitrogens is 1. The van der Waals surface area contributed by atoms with E-state index < -0.39 is 11.8 Å². The van der Waals surface area contributed by atoms with Gasteiger partial charge in [0.05, 0.1) is 5.52 Å². The monoisotopic (exact) mass is 445 g/mol. The minimum Gasteiger partial charge on any atom is -0.440 e. The van der Waals surface area contributed by atoms with Crippen LogP contribution in [0.2, 0.25) is 0 Å². The van der Waals surface area contributed by atoms with Crippen molar-refractivity contribution in [1.29, 1.82) is 5.41 Å². The molecule has 1 unspecified atom stereocenters. The topological polar surface area (TPSA) is 137 Å². The zero-order valence-electron chi connectivity index (χ0n) is 18.1. The van der Waals surface area contributed by atoms with Gasteiger partial charge in [0, 0.05) is 42.7 Å². The molecule has 0 fully saturated rings. The Labute approximate surface area is 189 Å². The van der Waals surface area contributed by atoms with E-state index in [-0.39, 0.29) is 11.5 Å². The molecular formula is C24H23N5O4. The maximum absolute atomic E-state index is 13.8. The lowest BCUT2D eigenvalue weighted by Crippen LogP contribution is -2.38. The predicted octanol–water partition coefficient (Wildman–Crippen LogP) is 3.89. The summed E-state index contributed by atoms with van der Waals surface area (Å²) in [7, 11) is 0. The zero-order chi connectivity index (χ0) is 23.4. The predicted molar refractivity (Wildman–Crippen MR) is 126 cm³/mol. The summed E-state index contributed by atoms with van der Waals surface area (Å²) in [6, 6.07) is 13.4. The molecule has 0 aliphatic carbocycles. The summed E-state index contributed by atoms with van der Waals surface area (Å²) in [4.78, 5) is 32.3. The molecule has 2 heterocycles. The van der Waals surface area contributed by atoms with Gasteiger partial charge in [0.1, 0.15) is 6.04 Å². The van der Waals surface area contributed by atoms with E-state index in [0.717, 1.165) is 11.8 Å². The highest BCUT2D eigenvalue weighted by molar-refractivity contribution is 6.06. The van der Waals surface area contributed by atoms with Gasteiger partial charge in [0.2, 0.25) is 5.78 Å². The number of nitrogens with zero attached hydrogens (tertiary/aromatic N) is 1. The number of fused-ring (bicyclic) bond motifs is 1. The SMILES string of the molecule is CCN/C(=C\C=N)C(Nc1ccc2[nH]c(=O)oc2c1)C(=O)c1nc(C)oc1-c1ccccc1. The number of aromatic amines is 1. The summed E-state index contributed by atoms with van der Waals surface area (Å²) in [6.07, 6.45) is 2.63. The first-order valence-corrected chi connectivity index (χ1v) is 10.4. The molecule has 0 bridgehead atoms. The maximum Gasteiger partial charge on any atom is 0.417 e. The second-order valence-corrected chi connectivity index (χ2v) is 7.26. The molecular weight excluding hydrogens is 422 g/mol. The summed E-state index contributed by atoms with van der Waals surface area (Å²) in [5.74, 6) is -0.150. The second kappa shape index (κ2) is 9.39. The molecule has 33 heavy (non-hydrogen) atoms. The second-order valence-electron chi connectivity index (χ2n) is 7.26. The Kier molecular flexibility index (Phi) is 6.21. The van der Waals surface area contributed by atoms with Crippen LogP contribution >= 0.6 is 0 Å². The van der Waals surface area contributed by atoms with Crippen LogP contribution < -0.4 is 16.4 Å². The normalized spacial score (nSPS) is 12.5. The molecule has 0 radical (unpaired) electrons. The Balaban J connectivity index is 1.78. The lowest BCUT2D eigenvalue weighted by atomic mass is 10.0. The number of aromatic nitrogens is 2. The molecule has 0 aliphatic heterocycles. The molecule has 9 nitrogen and oxygen atoms in total. The molecule has 4 N–H and O–H groups in total. The van der Waals surface area contributed by atoms with Gasteiger partial charge in [-0.25, -0.2) is 9.78 Å². The molecule has 168 valence electrons. The number of allylic oxidation sites excluding steroid dienone is 1. The van der Waals surface area contributed by atoms with E-state index in [2.05, 4.69) is 20.6 Å². The van der Waals surface area contributed by atoms with Crippen LogP contribution in [0.4, 0.5) is 5.69 Å². The van der Waals surface area contributed by atoms with Crippen LogP contribution in [0.15, 0.2) is 73.9 Å². The first-order valence-electron chi connectivity index (χ1n) is 10.4. The Morgan fingerprint density at radius 3 is 2.73 bits per heavy atom. The molecule has 4 aromatic rings. The Morgan fingerprint density at radius 1 is 1.21 bits per heavy atom. The van der Waals surface area contributed by atoms with Gasteiger partial charge in [-0.2, -0.15) is 0 Å². The number of ketones is 1. The smallest absolute Gasteiger partial charge is 0.417 e. The highest BCUT2D eigenvalue weighted by atomic mass is 16.4. The van der Waals surface area contributed by atoms with Crippen molar-refractivity contribution in [3.8, 4) is 11.3 Å². The summed E-state index contributed by atoms with van der Waals surface area (Å²) >= 11 is 0. The number of likely N-dealkylation sites (N-methyl/N-ethyl adjacent to an activating group) is 1. The average molecular weight is 445 g/mol. The number of anilines is 1.